The lowest BCUT2D eigenvalue weighted by Crippen LogP contribution is -2.47. The molecule has 0 bridgehead atoms. The first-order chi connectivity index (χ1) is 12.5. The Bertz CT molecular complexity index is 629. The maximum Gasteiger partial charge on any atom is 0.199 e. The van der Waals surface area contributed by atoms with Crippen LogP contribution in [0.3, 0.4) is 0 Å². The summed E-state index contributed by atoms with van der Waals surface area (Å²) in [5, 5.41) is 3.73. The predicted octanol–water partition coefficient (Wildman–Crippen LogP) is 4.52. The van der Waals surface area contributed by atoms with E-state index in [1.807, 2.05) is 0 Å². The summed E-state index contributed by atoms with van der Waals surface area (Å²) in [6.07, 6.45) is 8.49. The topological polar surface area (TPSA) is 53.6 Å². The van der Waals surface area contributed by atoms with Gasteiger partial charge in [-0.05, 0) is 70.9 Å². The summed E-state index contributed by atoms with van der Waals surface area (Å²) in [6, 6.07) is 5.46. The number of hydrogen-bond donors (Lipinski definition) is 2. The predicted molar refractivity (Wildman–Crippen MR) is 112 cm³/mol. The van der Waals surface area contributed by atoms with E-state index in [2.05, 4.69) is 50.0 Å². The number of nitrogens with two attached hydrogens (primary N) is 1. The Kier molecular flexibility index (Phi) is 6.23. The lowest BCUT2D eigenvalue weighted by Gasteiger charge is -2.38. The molecule has 3 atom stereocenters. The number of aryl methyl sites for hydroxylation is 3. The van der Waals surface area contributed by atoms with Crippen molar-refractivity contribution < 1.29 is 0 Å². The first-order valence-electron chi connectivity index (χ1n) is 10.4. The summed E-state index contributed by atoms with van der Waals surface area (Å²) >= 11 is 0. The van der Waals surface area contributed by atoms with E-state index < -0.39 is 0 Å². The largest absolute Gasteiger partial charge is 0.340 e. The summed E-state index contributed by atoms with van der Waals surface area (Å²) in [5.74, 6) is 1.04. The van der Waals surface area contributed by atoms with Gasteiger partial charge in [0.15, 0.2) is 5.96 Å². The standard InChI is InChI=1S/C22H36N4/c1-15-13-16(2)21(17(3)14-15)25-22(26-12-8-7-9-18(26)4)24-20-11-6-5-10-19(20)23/h13-14,18-20H,5-12,23H2,1-4H3,(H,24,25)/t18?,19-,20-/m0/s1. The van der Waals surface area contributed by atoms with Gasteiger partial charge in [-0.2, -0.15) is 0 Å². The molecule has 1 aliphatic heterocycles. The Morgan fingerprint density at radius 2 is 1.69 bits per heavy atom. The molecule has 1 heterocycles. The fourth-order valence-corrected chi connectivity index (χ4v) is 4.54. The highest BCUT2D eigenvalue weighted by Gasteiger charge is 2.27. The van der Waals surface area contributed by atoms with Crippen molar-refractivity contribution in [2.45, 2.75) is 90.8 Å². The van der Waals surface area contributed by atoms with Crippen molar-refractivity contribution in [3.8, 4) is 0 Å². The van der Waals surface area contributed by atoms with E-state index in [1.54, 1.807) is 0 Å². The van der Waals surface area contributed by atoms with Crippen LogP contribution in [0.1, 0.15) is 68.6 Å². The van der Waals surface area contributed by atoms with Crippen molar-refractivity contribution in [1.29, 1.82) is 0 Å². The van der Waals surface area contributed by atoms with Gasteiger partial charge in [0.1, 0.15) is 0 Å². The number of rotatable bonds is 2. The van der Waals surface area contributed by atoms with Crippen LogP contribution in [0.2, 0.25) is 0 Å². The van der Waals surface area contributed by atoms with Gasteiger partial charge >= 0.3 is 0 Å². The number of nitrogens with zero attached hydrogens (tertiary/aromatic N) is 2. The van der Waals surface area contributed by atoms with Crippen LogP contribution in [-0.4, -0.2) is 35.5 Å². The van der Waals surface area contributed by atoms with Crippen LogP contribution in [0.4, 0.5) is 5.69 Å². The number of nitrogens with one attached hydrogen (secondary N) is 1. The zero-order valence-electron chi connectivity index (χ0n) is 17.0. The number of hydrogen-bond acceptors (Lipinski definition) is 2. The molecule has 2 fully saturated rings. The molecule has 144 valence electrons. The molecular formula is C22H36N4. The average Bonchev–Trinajstić information content (AvgIpc) is 2.59. The van der Waals surface area contributed by atoms with Gasteiger partial charge in [0.2, 0.25) is 0 Å². The smallest absolute Gasteiger partial charge is 0.199 e. The quantitative estimate of drug-likeness (QED) is 0.605. The highest BCUT2D eigenvalue weighted by Crippen LogP contribution is 2.26. The van der Waals surface area contributed by atoms with Crippen LogP contribution in [0, 0.1) is 20.8 Å². The van der Waals surface area contributed by atoms with Gasteiger partial charge in [-0.1, -0.05) is 30.5 Å². The van der Waals surface area contributed by atoms with Gasteiger partial charge in [-0.3, -0.25) is 0 Å². The maximum atomic E-state index is 6.41. The summed E-state index contributed by atoms with van der Waals surface area (Å²) in [6.45, 7) is 9.94. The Morgan fingerprint density at radius 3 is 2.35 bits per heavy atom. The Hall–Kier alpha value is -1.55. The van der Waals surface area contributed by atoms with Crippen molar-refractivity contribution in [3.05, 3.63) is 28.8 Å². The zero-order chi connectivity index (χ0) is 18.7. The van der Waals surface area contributed by atoms with Crippen molar-refractivity contribution >= 4 is 11.6 Å². The molecule has 3 N–H and O–H groups in total. The summed E-state index contributed by atoms with van der Waals surface area (Å²) in [5.41, 5.74) is 11.5. The minimum absolute atomic E-state index is 0.195. The minimum Gasteiger partial charge on any atom is -0.340 e. The number of aliphatic imine (C=N–C) groups is 1. The van der Waals surface area contributed by atoms with Crippen LogP contribution >= 0.6 is 0 Å². The molecule has 1 saturated heterocycles. The molecule has 1 unspecified atom stereocenters. The molecular weight excluding hydrogens is 320 g/mol. The number of guanidine groups is 1. The third kappa shape index (κ3) is 4.40. The van der Waals surface area contributed by atoms with E-state index in [-0.39, 0.29) is 12.1 Å². The normalized spacial score (nSPS) is 27.5. The molecule has 1 aliphatic carbocycles. The third-order valence-corrected chi connectivity index (χ3v) is 6.06. The molecule has 26 heavy (non-hydrogen) atoms. The number of likely N-dealkylation sites (tertiary alicyclic amines) is 1. The zero-order valence-corrected chi connectivity index (χ0v) is 17.0. The maximum absolute atomic E-state index is 6.41. The average molecular weight is 357 g/mol. The van der Waals surface area contributed by atoms with Crippen LogP contribution in [0.25, 0.3) is 0 Å². The first-order valence-corrected chi connectivity index (χ1v) is 10.4. The molecule has 4 heteroatoms. The number of piperidine rings is 1. The molecule has 0 spiro atoms. The molecule has 0 amide bonds. The third-order valence-electron chi connectivity index (χ3n) is 6.06. The molecule has 1 saturated carbocycles. The Labute approximate surface area is 159 Å². The van der Waals surface area contributed by atoms with Gasteiger partial charge < -0.3 is 16.0 Å². The van der Waals surface area contributed by atoms with E-state index in [0.29, 0.717) is 6.04 Å². The molecule has 0 radical (unpaired) electrons. The fraction of sp³-hybridized carbons (Fsp3) is 0.682. The lowest BCUT2D eigenvalue weighted by molar-refractivity contribution is 0.254. The second-order valence-electron chi connectivity index (χ2n) is 8.41. The van der Waals surface area contributed by atoms with E-state index in [1.165, 1.54) is 54.5 Å². The van der Waals surface area contributed by atoms with E-state index >= 15 is 0 Å². The second kappa shape index (κ2) is 8.43. The van der Waals surface area contributed by atoms with Gasteiger partial charge in [0.25, 0.3) is 0 Å². The Morgan fingerprint density at radius 1 is 1.04 bits per heavy atom. The van der Waals surface area contributed by atoms with Crippen LogP contribution in [0.15, 0.2) is 17.1 Å². The van der Waals surface area contributed by atoms with E-state index in [0.717, 1.165) is 25.3 Å². The SMILES string of the molecule is Cc1cc(C)c(NC(=N[C@H]2CCCC[C@@H]2N)N2CCCCC2C)c(C)c1. The number of benzene rings is 1. The van der Waals surface area contributed by atoms with Crippen molar-refractivity contribution in [2.24, 2.45) is 10.7 Å². The summed E-state index contributed by atoms with van der Waals surface area (Å²) < 4.78 is 0. The Balaban J connectivity index is 1.92. The highest BCUT2D eigenvalue weighted by molar-refractivity contribution is 5.95. The second-order valence-corrected chi connectivity index (χ2v) is 8.41. The molecule has 4 nitrogen and oxygen atoms in total. The molecule has 0 aromatic heterocycles. The molecule has 3 rings (SSSR count). The van der Waals surface area contributed by atoms with Crippen molar-refractivity contribution in [2.75, 3.05) is 11.9 Å². The minimum atomic E-state index is 0.195. The van der Waals surface area contributed by atoms with Crippen LogP contribution < -0.4 is 11.1 Å². The van der Waals surface area contributed by atoms with Crippen molar-refractivity contribution in [3.63, 3.8) is 0 Å². The molecule has 1 aromatic rings. The first kappa shape index (κ1) is 19.2. The summed E-state index contributed by atoms with van der Waals surface area (Å²) in [7, 11) is 0. The van der Waals surface area contributed by atoms with Gasteiger partial charge in [0, 0.05) is 24.3 Å². The van der Waals surface area contributed by atoms with E-state index in [9.17, 15) is 0 Å². The van der Waals surface area contributed by atoms with Crippen LogP contribution in [0.5, 0.6) is 0 Å². The lowest BCUT2D eigenvalue weighted by atomic mass is 9.91. The van der Waals surface area contributed by atoms with Gasteiger partial charge in [0.05, 0.1) is 6.04 Å². The monoisotopic (exact) mass is 356 g/mol. The highest BCUT2D eigenvalue weighted by atomic mass is 15.3. The van der Waals surface area contributed by atoms with Gasteiger partial charge in [-0.25, -0.2) is 4.99 Å². The van der Waals surface area contributed by atoms with Crippen LogP contribution in [-0.2, 0) is 0 Å². The molecule has 2 aliphatic rings. The number of anilines is 1. The van der Waals surface area contributed by atoms with Gasteiger partial charge in [-0.15, -0.1) is 0 Å². The van der Waals surface area contributed by atoms with Crippen molar-refractivity contribution in [1.82, 2.24) is 4.90 Å². The summed E-state index contributed by atoms with van der Waals surface area (Å²) in [4.78, 5) is 7.67. The fourth-order valence-electron chi connectivity index (χ4n) is 4.54. The van der Waals surface area contributed by atoms with E-state index in [4.69, 9.17) is 10.7 Å². The molecule has 1 aromatic carbocycles.